The number of Topliss-reactive ketones (excluding diaryl/α,β-unsaturated/α-hetero) is 1. The van der Waals surface area contributed by atoms with Crippen LogP contribution >= 0.6 is 51.5 Å². The van der Waals surface area contributed by atoms with E-state index in [-0.39, 0.29) is 22.8 Å². The van der Waals surface area contributed by atoms with E-state index in [0.717, 1.165) is 22.1 Å². The van der Waals surface area contributed by atoms with Gasteiger partial charge < -0.3 is 5.32 Å². The van der Waals surface area contributed by atoms with Crippen LogP contribution in [0.25, 0.3) is 11.3 Å². The first-order valence-corrected chi connectivity index (χ1v) is 8.45. The molecule has 0 unspecified atom stereocenters. The fraction of sp³-hybridized carbons (Fsp3) is 0.0588. The Morgan fingerprint density at radius 2 is 1.92 bits per heavy atom. The molecule has 0 atom stereocenters. The highest BCUT2D eigenvalue weighted by atomic mass is 79.9. The van der Waals surface area contributed by atoms with Gasteiger partial charge in [0.05, 0.1) is 15.7 Å². The molecule has 124 valence electrons. The number of nitrogens with zero attached hydrogens (tertiary/aromatic N) is 1. The largest absolute Gasteiger partial charge is 0.332 e. The molecule has 1 N–H and O–H groups in total. The van der Waals surface area contributed by atoms with E-state index in [1.165, 1.54) is 11.3 Å². The second kappa shape index (κ2) is 8.12. The van der Waals surface area contributed by atoms with Crippen molar-refractivity contribution in [2.45, 2.75) is 6.92 Å². The Kier molecular flexibility index (Phi) is 6.40. The van der Waals surface area contributed by atoms with Crippen LogP contribution in [0, 0.1) is 0 Å². The molecule has 24 heavy (non-hydrogen) atoms. The predicted octanol–water partition coefficient (Wildman–Crippen LogP) is 6.64. The number of hydrogen-bond acceptors (Lipinski definition) is 4. The lowest BCUT2D eigenvalue weighted by Crippen LogP contribution is -1.95. The van der Waals surface area contributed by atoms with Gasteiger partial charge in [0, 0.05) is 22.2 Å². The SMILES string of the molecule is Br.CC(=O)c1cccc(Nc2nc(-c3ccc(Cl)c(Cl)c3)cs2)c1. The maximum Gasteiger partial charge on any atom is 0.187 e. The van der Waals surface area contributed by atoms with Crippen LogP contribution in [0.5, 0.6) is 0 Å². The fourth-order valence-electron chi connectivity index (χ4n) is 2.06. The Bertz CT molecular complexity index is 883. The summed E-state index contributed by atoms with van der Waals surface area (Å²) in [6.07, 6.45) is 0. The van der Waals surface area contributed by atoms with Crippen molar-refractivity contribution in [1.29, 1.82) is 0 Å². The Balaban J connectivity index is 0.00000208. The number of hydrogen-bond donors (Lipinski definition) is 1. The highest BCUT2D eigenvalue weighted by molar-refractivity contribution is 8.93. The first kappa shape index (κ1) is 18.9. The van der Waals surface area contributed by atoms with Crippen LogP contribution in [-0.4, -0.2) is 10.8 Å². The van der Waals surface area contributed by atoms with Gasteiger partial charge in [-0.3, -0.25) is 4.79 Å². The van der Waals surface area contributed by atoms with Crippen molar-refractivity contribution in [3.63, 3.8) is 0 Å². The van der Waals surface area contributed by atoms with Crippen molar-refractivity contribution in [1.82, 2.24) is 4.98 Å². The van der Waals surface area contributed by atoms with E-state index in [1.54, 1.807) is 25.1 Å². The standard InChI is InChI=1S/C17H12Cl2N2OS.BrH/c1-10(22)11-3-2-4-13(7-11)20-17-21-16(9-23-17)12-5-6-14(18)15(19)8-12;/h2-9H,1H3,(H,20,21);1H. The van der Waals surface area contributed by atoms with Crippen molar-refractivity contribution in [3.05, 3.63) is 63.5 Å². The molecule has 3 rings (SSSR count). The van der Waals surface area contributed by atoms with E-state index >= 15 is 0 Å². The molecule has 0 radical (unpaired) electrons. The molecule has 0 spiro atoms. The third-order valence-electron chi connectivity index (χ3n) is 3.24. The van der Waals surface area contributed by atoms with Crippen molar-refractivity contribution >= 4 is 68.1 Å². The highest BCUT2D eigenvalue weighted by Gasteiger charge is 2.08. The third-order valence-corrected chi connectivity index (χ3v) is 4.74. The minimum atomic E-state index is 0. The average molecular weight is 444 g/mol. The molecule has 3 aromatic rings. The summed E-state index contributed by atoms with van der Waals surface area (Å²) in [5.41, 5.74) is 3.21. The van der Waals surface area contributed by atoms with E-state index in [9.17, 15) is 4.79 Å². The Labute approximate surface area is 164 Å². The molecular formula is C17H13BrCl2N2OS. The molecule has 0 fully saturated rings. The molecule has 1 heterocycles. The van der Waals surface area contributed by atoms with Gasteiger partial charge in [0.15, 0.2) is 10.9 Å². The van der Waals surface area contributed by atoms with Gasteiger partial charge in [-0.2, -0.15) is 0 Å². The summed E-state index contributed by atoms with van der Waals surface area (Å²) < 4.78 is 0. The molecule has 0 aliphatic rings. The van der Waals surface area contributed by atoms with E-state index in [1.807, 2.05) is 29.6 Å². The number of thiazole rings is 1. The zero-order valence-corrected chi connectivity index (χ0v) is 16.6. The summed E-state index contributed by atoms with van der Waals surface area (Å²) in [7, 11) is 0. The van der Waals surface area contributed by atoms with Gasteiger partial charge in [0.1, 0.15) is 0 Å². The van der Waals surface area contributed by atoms with Crippen LogP contribution in [0.4, 0.5) is 10.8 Å². The molecule has 0 saturated heterocycles. The number of benzene rings is 2. The quantitative estimate of drug-likeness (QED) is 0.459. The van der Waals surface area contributed by atoms with Crippen LogP contribution < -0.4 is 5.32 Å². The topological polar surface area (TPSA) is 42.0 Å². The molecule has 0 aliphatic carbocycles. The number of aromatic nitrogens is 1. The molecule has 0 saturated carbocycles. The smallest absolute Gasteiger partial charge is 0.187 e. The summed E-state index contributed by atoms with van der Waals surface area (Å²) in [6, 6.07) is 12.8. The Morgan fingerprint density at radius 1 is 1.12 bits per heavy atom. The summed E-state index contributed by atoms with van der Waals surface area (Å²) in [5, 5.41) is 6.91. The monoisotopic (exact) mass is 442 g/mol. The van der Waals surface area contributed by atoms with Crippen molar-refractivity contribution in [2.75, 3.05) is 5.32 Å². The maximum absolute atomic E-state index is 11.4. The van der Waals surface area contributed by atoms with E-state index in [2.05, 4.69) is 10.3 Å². The third kappa shape index (κ3) is 4.36. The van der Waals surface area contributed by atoms with Crippen LogP contribution in [-0.2, 0) is 0 Å². The number of nitrogens with one attached hydrogen (secondary N) is 1. The van der Waals surface area contributed by atoms with Crippen LogP contribution in [0.15, 0.2) is 47.8 Å². The van der Waals surface area contributed by atoms with E-state index < -0.39 is 0 Å². The van der Waals surface area contributed by atoms with Gasteiger partial charge in [-0.1, -0.05) is 41.4 Å². The first-order valence-electron chi connectivity index (χ1n) is 6.82. The van der Waals surface area contributed by atoms with Gasteiger partial charge in [-0.15, -0.1) is 28.3 Å². The zero-order chi connectivity index (χ0) is 16.4. The number of carbonyl (C=O) groups excluding carboxylic acids is 1. The number of ketones is 1. The lowest BCUT2D eigenvalue weighted by atomic mass is 10.1. The van der Waals surface area contributed by atoms with Crippen LogP contribution in [0.3, 0.4) is 0 Å². The minimum absolute atomic E-state index is 0. The van der Waals surface area contributed by atoms with Gasteiger partial charge in [-0.05, 0) is 31.2 Å². The molecule has 7 heteroatoms. The molecule has 0 aliphatic heterocycles. The molecule has 0 amide bonds. The summed E-state index contributed by atoms with van der Waals surface area (Å²) in [5.74, 6) is 0.0317. The number of carbonyl (C=O) groups is 1. The molecule has 0 bridgehead atoms. The van der Waals surface area contributed by atoms with Crippen LogP contribution in [0.2, 0.25) is 10.0 Å². The van der Waals surface area contributed by atoms with Gasteiger partial charge in [-0.25, -0.2) is 4.98 Å². The number of anilines is 2. The lowest BCUT2D eigenvalue weighted by molar-refractivity contribution is 0.101. The average Bonchev–Trinajstić information content (AvgIpc) is 2.99. The first-order chi connectivity index (χ1) is 11.0. The van der Waals surface area contributed by atoms with E-state index in [4.69, 9.17) is 23.2 Å². The van der Waals surface area contributed by atoms with Crippen molar-refractivity contribution in [3.8, 4) is 11.3 Å². The second-order valence-corrected chi connectivity index (χ2v) is 6.60. The molecule has 1 aromatic heterocycles. The number of rotatable bonds is 4. The molecular weight excluding hydrogens is 431 g/mol. The fourth-order valence-corrected chi connectivity index (χ4v) is 3.10. The van der Waals surface area contributed by atoms with Crippen molar-refractivity contribution < 1.29 is 4.79 Å². The normalized spacial score (nSPS) is 10.1. The van der Waals surface area contributed by atoms with Gasteiger partial charge in [0.2, 0.25) is 0 Å². The Morgan fingerprint density at radius 3 is 2.62 bits per heavy atom. The molecule has 3 nitrogen and oxygen atoms in total. The Hall–Kier alpha value is -1.40. The minimum Gasteiger partial charge on any atom is -0.332 e. The summed E-state index contributed by atoms with van der Waals surface area (Å²) in [4.78, 5) is 16.0. The van der Waals surface area contributed by atoms with Crippen molar-refractivity contribution in [2.24, 2.45) is 0 Å². The van der Waals surface area contributed by atoms with E-state index in [0.29, 0.717) is 15.6 Å². The molecule has 2 aromatic carbocycles. The maximum atomic E-state index is 11.4. The van der Waals surface area contributed by atoms with Gasteiger partial charge >= 0.3 is 0 Å². The van der Waals surface area contributed by atoms with Gasteiger partial charge in [0.25, 0.3) is 0 Å². The van der Waals surface area contributed by atoms with Crippen LogP contribution in [0.1, 0.15) is 17.3 Å². The summed E-state index contributed by atoms with van der Waals surface area (Å²) >= 11 is 13.5. The predicted molar refractivity (Wildman–Crippen MR) is 108 cm³/mol. The zero-order valence-electron chi connectivity index (χ0n) is 12.5. The highest BCUT2D eigenvalue weighted by Crippen LogP contribution is 2.31. The lowest BCUT2D eigenvalue weighted by Gasteiger charge is -2.04. The number of halogens is 3. The second-order valence-electron chi connectivity index (χ2n) is 4.93. The summed E-state index contributed by atoms with van der Waals surface area (Å²) in [6.45, 7) is 1.55.